The van der Waals surface area contributed by atoms with E-state index in [2.05, 4.69) is 9.97 Å². The van der Waals surface area contributed by atoms with Crippen molar-refractivity contribution >= 4 is 17.1 Å². The molecule has 0 bridgehead atoms. The Bertz CT molecular complexity index is 752. The lowest BCUT2D eigenvalue weighted by molar-refractivity contribution is 0.0685. The number of carbonyl (C=O) groups is 1. The molecule has 2 rings (SSSR count). The number of aromatic amines is 1. The van der Waals surface area contributed by atoms with Gasteiger partial charge >= 0.3 is 11.7 Å². The van der Waals surface area contributed by atoms with Crippen molar-refractivity contribution in [2.75, 3.05) is 0 Å². The van der Waals surface area contributed by atoms with E-state index in [9.17, 15) is 14.4 Å². The van der Waals surface area contributed by atoms with Crippen molar-refractivity contribution in [1.29, 1.82) is 0 Å². The predicted molar refractivity (Wildman–Crippen MR) is 67.5 cm³/mol. The first-order chi connectivity index (χ1) is 8.97. The van der Waals surface area contributed by atoms with Crippen LogP contribution in [0.15, 0.2) is 9.59 Å². The van der Waals surface area contributed by atoms with Crippen molar-refractivity contribution in [3.8, 4) is 0 Å². The second-order valence-corrected chi connectivity index (χ2v) is 4.24. The third-order valence-corrected chi connectivity index (χ3v) is 2.91. The lowest BCUT2D eigenvalue weighted by Gasteiger charge is -2.07. The van der Waals surface area contributed by atoms with E-state index < -0.39 is 17.2 Å². The summed E-state index contributed by atoms with van der Waals surface area (Å²) in [4.78, 5) is 41.1. The number of nitrogens with zero attached hydrogens (tertiary/aromatic N) is 3. The molecule has 2 aromatic rings. The number of nitrogens with one attached hydrogen (secondary N) is 1. The van der Waals surface area contributed by atoms with E-state index in [1.165, 1.54) is 11.6 Å². The standard InChI is InChI=1S/C11H14N4O4/c1-3-4-5-15-8-6(9(16)14(2)11(15)19)12-7(13-8)10(17)18/h3-5H2,1-2H3,(H,12,13)(H,17,18). The van der Waals surface area contributed by atoms with Crippen molar-refractivity contribution in [2.45, 2.75) is 26.3 Å². The molecule has 2 heterocycles. The highest BCUT2D eigenvalue weighted by molar-refractivity contribution is 5.87. The molecule has 19 heavy (non-hydrogen) atoms. The Labute approximate surface area is 107 Å². The molecule has 0 atom stereocenters. The fourth-order valence-corrected chi connectivity index (χ4v) is 1.85. The molecule has 8 heteroatoms. The first-order valence-electron chi connectivity index (χ1n) is 5.90. The minimum atomic E-state index is -1.27. The zero-order valence-electron chi connectivity index (χ0n) is 10.6. The Morgan fingerprint density at radius 3 is 2.68 bits per heavy atom. The molecule has 0 fully saturated rings. The van der Waals surface area contributed by atoms with Gasteiger partial charge in [-0.1, -0.05) is 13.3 Å². The van der Waals surface area contributed by atoms with E-state index in [0.29, 0.717) is 6.54 Å². The number of aromatic carboxylic acids is 1. The number of H-pyrrole nitrogens is 1. The molecule has 0 aliphatic heterocycles. The van der Waals surface area contributed by atoms with Gasteiger partial charge in [-0.15, -0.1) is 0 Å². The van der Waals surface area contributed by atoms with Crippen LogP contribution in [0.5, 0.6) is 0 Å². The van der Waals surface area contributed by atoms with Gasteiger partial charge in [-0.05, 0) is 6.42 Å². The summed E-state index contributed by atoms with van der Waals surface area (Å²) in [6.45, 7) is 2.36. The second-order valence-electron chi connectivity index (χ2n) is 4.24. The highest BCUT2D eigenvalue weighted by atomic mass is 16.4. The van der Waals surface area contributed by atoms with Crippen LogP contribution in [-0.4, -0.2) is 30.2 Å². The van der Waals surface area contributed by atoms with Gasteiger partial charge in [0.1, 0.15) is 0 Å². The molecule has 0 saturated heterocycles. The number of aryl methyl sites for hydroxylation is 1. The third kappa shape index (κ3) is 2.05. The largest absolute Gasteiger partial charge is 0.475 e. The van der Waals surface area contributed by atoms with Gasteiger partial charge in [0.15, 0.2) is 11.2 Å². The van der Waals surface area contributed by atoms with Crippen LogP contribution in [0, 0.1) is 0 Å². The van der Waals surface area contributed by atoms with Crippen LogP contribution in [-0.2, 0) is 13.6 Å². The number of fused-ring (bicyclic) bond motifs is 1. The molecule has 0 unspecified atom stereocenters. The first kappa shape index (κ1) is 13.1. The Hall–Kier alpha value is -2.38. The van der Waals surface area contributed by atoms with Gasteiger partial charge < -0.3 is 10.1 Å². The van der Waals surface area contributed by atoms with Crippen molar-refractivity contribution in [3.63, 3.8) is 0 Å². The van der Waals surface area contributed by atoms with Gasteiger partial charge in [0, 0.05) is 13.6 Å². The summed E-state index contributed by atoms with van der Waals surface area (Å²) in [6.07, 6.45) is 1.61. The maximum atomic E-state index is 12.0. The number of imidazole rings is 1. The van der Waals surface area contributed by atoms with Crippen LogP contribution >= 0.6 is 0 Å². The lowest BCUT2D eigenvalue weighted by Crippen LogP contribution is -2.38. The summed E-state index contributed by atoms with van der Waals surface area (Å²) in [6, 6.07) is 0. The number of aromatic nitrogens is 4. The monoisotopic (exact) mass is 266 g/mol. The summed E-state index contributed by atoms with van der Waals surface area (Å²) < 4.78 is 2.27. The van der Waals surface area contributed by atoms with Crippen LogP contribution in [0.4, 0.5) is 0 Å². The van der Waals surface area contributed by atoms with Crippen LogP contribution in [0.2, 0.25) is 0 Å². The summed E-state index contributed by atoms with van der Waals surface area (Å²) in [5.74, 6) is -1.62. The highest BCUT2D eigenvalue weighted by Gasteiger charge is 2.17. The summed E-state index contributed by atoms with van der Waals surface area (Å²) in [5.41, 5.74) is -0.934. The summed E-state index contributed by atoms with van der Waals surface area (Å²) in [7, 11) is 1.35. The maximum absolute atomic E-state index is 12.0. The lowest BCUT2D eigenvalue weighted by atomic mass is 10.3. The zero-order chi connectivity index (χ0) is 14.2. The molecular formula is C11H14N4O4. The summed E-state index contributed by atoms with van der Waals surface area (Å²) >= 11 is 0. The predicted octanol–water partition coefficient (Wildman–Crippen LogP) is -0.0784. The average molecular weight is 266 g/mol. The first-order valence-corrected chi connectivity index (χ1v) is 5.90. The molecule has 0 spiro atoms. The van der Waals surface area contributed by atoms with Crippen LogP contribution in [0.1, 0.15) is 30.4 Å². The molecule has 0 aliphatic carbocycles. The van der Waals surface area contributed by atoms with Crippen LogP contribution < -0.4 is 11.2 Å². The summed E-state index contributed by atoms with van der Waals surface area (Å²) in [5, 5.41) is 8.89. The Kier molecular flexibility index (Phi) is 3.24. The minimum absolute atomic E-state index is 0.0376. The number of unbranched alkanes of at least 4 members (excludes halogenated alkanes) is 1. The molecular weight excluding hydrogens is 252 g/mol. The van der Waals surface area contributed by atoms with Crippen LogP contribution in [0.3, 0.4) is 0 Å². The van der Waals surface area contributed by atoms with Crippen molar-refractivity contribution in [1.82, 2.24) is 19.1 Å². The fraction of sp³-hybridized carbons (Fsp3) is 0.455. The van der Waals surface area contributed by atoms with Gasteiger partial charge in [0.25, 0.3) is 5.56 Å². The maximum Gasteiger partial charge on any atom is 0.371 e. The van der Waals surface area contributed by atoms with Crippen molar-refractivity contribution in [2.24, 2.45) is 7.05 Å². The van der Waals surface area contributed by atoms with E-state index in [4.69, 9.17) is 5.11 Å². The third-order valence-electron chi connectivity index (χ3n) is 2.91. The Balaban J connectivity index is 2.81. The van der Waals surface area contributed by atoms with Crippen LogP contribution in [0.25, 0.3) is 11.2 Å². The van der Waals surface area contributed by atoms with E-state index in [0.717, 1.165) is 17.4 Å². The molecule has 2 aromatic heterocycles. The fourth-order valence-electron chi connectivity index (χ4n) is 1.85. The molecule has 0 aliphatic rings. The van der Waals surface area contributed by atoms with Crippen molar-refractivity contribution < 1.29 is 9.90 Å². The van der Waals surface area contributed by atoms with Gasteiger partial charge in [0.2, 0.25) is 5.82 Å². The molecule has 0 amide bonds. The SMILES string of the molecule is CCCCn1c(=O)n(C)c(=O)c2[nH]c(C(=O)O)nc21. The van der Waals surface area contributed by atoms with Gasteiger partial charge in [-0.3, -0.25) is 13.9 Å². The normalized spacial score (nSPS) is 11.1. The van der Waals surface area contributed by atoms with Gasteiger partial charge in [-0.25, -0.2) is 14.6 Å². The number of hydrogen-bond donors (Lipinski definition) is 2. The van der Waals surface area contributed by atoms with E-state index in [-0.39, 0.29) is 17.0 Å². The quantitative estimate of drug-likeness (QED) is 0.804. The zero-order valence-corrected chi connectivity index (χ0v) is 10.6. The van der Waals surface area contributed by atoms with E-state index in [1.54, 1.807) is 0 Å². The second kappa shape index (κ2) is 4.71. The molecule has 102 valence electrons. The van der Waals surface area contributed by atoms with E-state index >= 15 is 0 Å². The number of carboxylic acids is 1. The smallest absolute Gasteiger partial charge is 0.371 e. The number of rotatable bonds is 4. The molecule has 0 radical (unpaired) electrons. The van der Waals surface area contributed by atoms with Gasteiger partial charge in [0.05, 0.1) is 0 Å². The Morgan fingerprint density at radius 1 is 1.42 bits per heavy atom. The number of hydrogen-bond acceptors (Lipinski definition) is 4. The highest BCUT2D eigenvalue weighted by Crippen LogP contribution is 2.06. The van der Waals surface area contributed by atoms with E-state index in [1.807, 2.05) is 6.92 Å². The molecule has 8 nitrogen and oxygen atoms in total. The molecule has 0 aromatic carbocycles. The van der Waals surface area contributed by atoms with Crippen molar-refractivity contribution in [3.05, 3.63) is 26.7 Å². The number of carboxylic acid groups (broad SMARTS) is 1. The minimum Gasteiger partial charge on any atom is -0.475 e. The topological polar surface area (TPSA) is 110 Å². The Morgan fingerprint density at radius 2 is 2.11 bits per heavy atom. The molecule has 0 saturated carbocycles. The average Bonchev–Trinajstić information content (AvgIpc) is 2.81. The molecule has 2 N–H and O–H groups in total. The van der Waals surface area contributed by atoms with Gasteiger partial charge in [-0.2, -0.15) is 0 Å².